The van der Waals surface area contributed by atoms with Crippen LogP contribution in [0.5, 0.6) is 17.4 Å². The van der Waals surface area contributed by atoms with Crippen LogP contribution in [0.25, 0.3) is 10.8 Å². The van der Waals surface area contributed by atoms with E-state index in [1.165, 1.54) is 0 Å². The van der Waals surface area contributed by atoms with Crippen molar-refractivity contribution < 1.29 is 19.0 Å². The lowest BCUT2D eigenvalue weighted by Gasteiger charge is -2.21. The molecule has 1 atom stereocenters. The van der Waals surface area contributed by atoms with Crippen molar-refractivity contribution in [1.82, 2.24) is 9.97 Å². The number of hydrogen-bond acceptors (Lipinski definition) is 7. The Morgan fingerprint density at radius 1 is 1.00 bits per heavy atom. The summed E-state index contributed by atoms with van der Waals surface area (Å²) in [6.45, 7) is 7.83. The molecule has 9 heteroatoms. The lowest BCUT2D eigenvalue weighted by Crippen LogP contribution is -2.21. The number of anilines is 3. The number of carbonyl (C=O) groups excluding carboxylic acids is 1. The Bertz CT molecular complexity index is 1500. The summed E-state index contributed by atoms with van der Waals surface area (Å²) in [6.07, 6.45) is 3.95. The summed E-state index contributed by atoms with van der Waals surface area (Å²) >= 11 is 0. The molecule has 0 radical (unpaired) electrons. The molecule has 1 aliphatic rings. The molecule has 1 saturated heterocycles. The Labute approximate surface area is 234 Å². The van der Waals surface area contributed by atoms with Crippen molar-refractivity contribution in [3.8, 4) is 17.4 Å². The highest BCUT2D eigenvalue weighted by Gasteiger charge is 2.18. The third kappa shape index (κ3) is 6.43. The Morgan fingerprint density at radius 2 is 1.77 bits per heavy atom. The van der Waals surface area contributed by atoms with Gasteiger partial charge in [0.05, 0.1) is 24.6 Å². The second-order valence-electron chi connectivity index (χ2n) is 10.7. The lowest BCUT2D eigenvalue weighted by molar-refractivity contribution is 0.120. The molecule has 0 saturated carbocycles. The van der Waals surface area contributed by atoms with Crippen molar-refractivity contribution in [2.75, 3.05) is 36.2 Å². The van der Waals surface area contributed by atoms with Gasteiger partial charge in [0.2, 0.25) is 11.8 Å². The number of methoxy groups -OCH3 is 1. The molecule has 2 heterocycles. The van der Waals surface area contributed by atoms with Gasteiger partial charge in [-0.3, -0.25) is 0 Å². The highest BCUT2D eigenvalue weighted by Crippen LogP contribution is 2.35. The van der Waals surface area contributed by atoms with Crippen molar-refractivity contribution in [2.24, 2.45) is 0 Å². The Hall–Kier alpha value is -4.37. The van der Waals surface area contributed by atoms with E-state index >= 15 is 0 Å². The molecule has 1 fully saturated rings. The predicted octanol–water partition coefficient (Wildman–Crippen LogP) is 6.96. The van der Waals surface area contributed by atoms with Crippen LogP contribution in [-0.4, -0.2) is 42.4 Å². The predicted molar refractivity (Wildman–Crippen MR) is 158 cm³/mol. The summed E-state index contributed by atoms with van der Waals surface area (Å²) in [4.78, 5) is 21.9. The monoisotopic (exact) mass is 541 g/mol. The van der Waals surface area contributed by atoms with E-state index in [4.69, 9.17) is 14.2 Å². The number of nitrogens with one attached hydrogen (secondary N) is 3. The van der Waals surface area contributed by atoms with Crippen LogP contribution in [0.15, 0.2) is 66.9 Å². The maximum absolute atomic E-state index is 13.1. The first-order valence-corrected chi connectivity index (χ1v) is 13.4. The maximum atomic E-state index is 13.1. The molecule has 1 aliphatic heterocycles. The van der Waals surface area contributed by atoms with Crippen molar-refractivity contribution >= 4 is 34.1 Å². The SMILES string of the molecule is COc1ccc(C(C)(C)C)cc1NC(=O)Nc1ccc(Oc2ccnc(NCC3CCCO3)n2)c2ccccc12. The molecule has 0 bridgehead atoms. The average molecular weight is 542 g/mol. The average Bonchev–Trinajstić information content (AvgIpc) is 3.47. The van der Waals surface area contributed by atoms with Crippen LogP contribution in [0, 0.1) is 0 Å². The number of hydrogen-bond donors (Lipinski definition) is 3. The van der Waals surface area contributed by atoms with E-state index in [-0.39, 0.29) is 17.6 Å². The van der Waals surface area contributed by atoms with Crippen LogP contribution >= 0.6 is 0 Å². The number of fused-ring (bicyclic) bond motifs is 1. The normalized spacial score (nSPS) is 15.1. The molecule has 0 aliphatic carbocycles. The lowest BCUT2D eigenvalue weighted by atomic mass is 9.87. The fourth-order valence-electron chi connectivity index (χ4n) is 4.62. The van der Waals surface area contributed by atoms with Gasteiger partial charge in [-0.15, -0.1) is 0 Å². The zero-order valence-electron chi connectivity index (χ0n) is 23.3. The Kier molecular flexibility index (Phi) is 8.02. The van der Waals surface area contributed by atoms with Crippen molar-refractivity contribution in [1.29, 1.82) is 0 Å². The molecule has 1 unspecified atom stereocenters. The van der Waals surface area contributed by atoms with E-state index in [0.29, 0.717) is 41.2 Å². The van der Waals surface area contributed by atoms with Gasteiger partial charge in [0.25, 0.3) is 0 Å². The third-order valence-corrected chi connectivity index (χ3v) is 6.80. The fourth-order valence-corrected chi connectivity index (χ4v) is 4.62. The topological polar surface area (TPSA) is 107 Å². The molecule has 5 rings (SSSR count). The molecule has 9 nitrogen and oxygen atoms in total. The molecule has 0 spiro atoms. The molecule has 2 amide bonds. The second kappa shape index (κ2) is 11.8. The molecule has 40 heavy (non-hydrogen) atoms. The van der Waals surface area contributed by atoms with E-state index in [2.05, 4.69) is 46.7 Å². The van der Waals surface area contributed by atoms with E-state index in [9.17, 15) is 4.79 Å². The van der Waals surface area contributed by atoms with Gasteiger partial charge < -0.3 is 30.2 Å². The van der Waals surface area contributed by atoms with E-state index in [1.807, 2.05) is 54.6 Å². The summed E-state index contributed by atoms with van der Waals surface area (Å²) in [5.41, 5.74) is 2.26. The summed E-state index contributed by atoms with van der Waals surface area (Å²) in [5, 5.41) is 10.8. The second-order valence-corrected chi connectivity index (χ2v) is 10.7. The summed E-state index contributed by atoms with van der Waals surface area (Å²) in [5.74, 6) is 2.11. The molecule has 3 N–H and O–H groups in total. The molecule has 3 aromatic carbocycles. The minimum atomic E-state index is -0.374. The minimum absolute atomic E-state index is 0.0733. The van der Waals surface area contributed by atoms with Gasteiger partial charge in [-0.2, -0.15) is 4.98 Å². The highest BCUT2D eigenvalue weighted by molar-refractivity contribution is 6.08. The van der Waals surface area contributed by atoms with Crippen LogP contribution in [0.2, 0.25) is 0 Å². The van der Waals surface area contributed by atoms with Crippen molar-refractivity contribution in [3.05, 3.63) is 72.4 Å². The molecular formula is C31H35N5O4. The first kappa shape index (κ1) is 27.2. The summed E-state index contributed by atoms with van der Waals surface area (Å²) < 4.78 is 17.3. The number of aromatic nitrogens is 2. The first-order valence-electron chi connectivity index (χ1n) is 13.4. The fraction of sp³-hybridized carbons (Fsp3) is 0.323. The van der Waals surface area contributed by atoms with Crippen molar-refractivity contribution in [2.45, 2.75) is 45.1 Å². The van der Waals surface area contributed by atoms with Gasteiger partial charge in [-0.25, -0.2) is 9.78 Å². The summed E-state index contributed by atoms with van der Waals surface area (Å²) in [7, 11) is 1.59. The number of rotatable bonds is 8. The molecular weight excluding hydrogens is 506 g/mol. The van der Waals surface area contributed by atoms with Crippen LogP contribution < -0.4 is 25.4 Å². The van der Waals surface area contributed by atoms with Crippen LogP contribution in [0.3, 0.4) is 0 Å². The molecule has 4 aromatic rings. The number of ether oxygens (including phenoxy) is 3. The van der Waals surface area contributed by atoms with Gasteiger partial charge in [0.15, 0.2) is 0 Å². The molecule has 208 valence electrons. The van der Waals surface area contributed by atoms with Crippen LogP contribution in [-0.2, 0) is 10.2 Å². The van der Waals surface area contributed by atoms with Gasteiger partial charge in [-0.05, 0) is 48.1 Å². The first-order chi connectivity index (χ1) is 19.3. The maximum Gasteiger partial charge on any atom is 0.323 e. The van der Waals surface area contributed by atoms with E-state index < -0.39 is 0 Å². The van der Waals surface area contributed by atoms with Gasteiger partial charge in [0, 0.05) is 36.2 Å². The quantitative estimate of drug-likeness (QED) is 0.221. The molecule has 1 aromatic heterocycles. The third-order valence-electron chi connectivity index (χ3n) is 6.80. The van der Waals surface area contributed by atoms with Crippen molar-refractivity contribution in [3.63, 3.8) is 0 Å². The van der Waals surface area contributed by atoms with E-state index in [0.717, 1.165) is 35.8 Å². The minimum Gasteiger partial charge on any atom is -0.495 e. The van der Waals surface area contributed by atoms with Gasteiger partial charge >= 0.3 is 6.03 Å². The highest BCUT2D eigenvalue weighted by atomic mass is 16.5. The zero-order valence-corrected chi connectivity index (χ0v) is 23.3. The van der Waals surface area contributed by atoms with Gasteiger partial charge in [-0.1, -0.05) is 51.1 Å². The standard InChI is InChI=1S/C31H35N5O4/c1-31(2,3)20-11-13-27(38-4)25(18-20)35-30(37)34-24-12-14-26(23-10-6-5-9-22(23)24)40-28-15-16-32-29(36-28)33-19-21-8-7-17-39-21/h5-6,9-16,18,21H,7-8,17,19H2,1-4H3,(H,32,33,36)(H2,34,35,37). The number of amides is 2. The smallest absolute Gasteiger partial charge is 0.323 e. The Balaban J connectivity index is 1.32. The van der Waals surface area contributed by atoms with Crippen LogP contribution in [0.1, 0.15) is 39.2 Å². The van der Waals surface area contributed by atoms with Crippen LogP contribution in [0.4, 0.5) is 22.1 Å². The van der Waals surface area contributed by atoms with E-state index in [1.54, 1.807) is 19.4 Å². The number of nitrogens with zero attached hydrogens (tertiary/aromatic N) is 2. The Morgan fingerprint density at radius 3 is 2.52 bits per heavy atom. The number of carbonyl (C=O) groups is 1. The van der Waals surface area contributed by atoms with Gasteiger partial charge in [0.1, 0.15) is 11.5 Å². The largest absolute Gasteiger partial charge is 0.495 e. The zero-order chi connectivity index (χ0) is 28.1. The summed E-state index contributed by atoms with van der Waals surface area (Å²) in [6, 6.07) is 18.5. The number of urea groups is 1. The number of benzene rings is 3.